The predicted octanol–water partition coefficient (Wildman–Crippen LogP) is 8.10. The molecule has 0 fully saturated rings. The van der Waals surface area contributed by atoms with Gasteiger partial charge in [-0.1, -0.05) is 54.1 Å². The molecule has 0 saturated heterocycles. The molecule has 3 N–H and O–H groups in total. The van der Waals surface area contributed by atoms with E-state index in [4.69, 9.17) is 4.74 Å². The number of aryl methyl sites for hydroxylation is 1. The molecule has 8 nitrogen and oxygen atoms in total. The van der Waals surface area contributed by atoms with Crippen LogP contribution in [0.2, 0.25) is 0 Å². The third-order valence-corrected chi connectivity index (χ3v) is 9.63. The highest BCUT2D eigenvalue weighted by molar-refractivity contribution is 8.00. The van der Waals surface area contributed by atoms with Crippen LogP contribution in [-0.2, 0) is 14.3 Å². The summed E-state index contributed by atoms with van der Waals surface area (Å²) in [4.78, 5) is 53.1. The molecule has 2 aromatic heterocycles. The molecule has 0 aliphatic carbocycles. The van der Waals surface area contributed by atoms with Crippen LogP contribution in [0.25, 0.3) is 17.2 Å². The standard InChI is InChI=1S/C36H31N3O5S3/c1-22-12-14-25(15-13-22)29-21-46-35(31(29)36(43)44-3)39-32(40)23(2)47-28-11-7-10-27(19-28)37-34(42)30(18-24-16-17-45-20-24)38-33(41)26-8-5-4-6-9-26/h4-21,23H,1-3H3,(H,37,42)(H,38,41)(H,39,40)/b30-18-. The number of esters is 1. The Morgan fingerprint density at radius 3 is 2.36 bits per heavy atom. The third-order valence-electron chi connectivity index (χ3n) is 6.94. The fourth-order valence-corrected chi connectivity index (χ4v) is 6.99. The van der Waals surface area contributed by atoms with Crippen molar-refractivity contribution in [2.24, 2.45) is 0 Å². The van der Waals surface area contributed by atoms with E-state index >= 15 is 0 Å². The maximum atomic E-state index is 13.4. The first-order valence-electron chi connectivity index (χ1n) is 14.5. The number of rotatable bonds is 11. The lowest BCUT2D eigenvalue weighted by Gasteiger charge is -2.14. The van der Waals surface area contributed by atoms with Gasteiger partial charge >= 0.3 is 5.97 Å². The van der Waals surface area contributed by atoms with Gasteiger partial charge < -0.3 is 20.7 Å². The van der Waals surface area contributed by atoms with Crippen molar-refractivity contribution in [3.63, 3.8) is 0 Å². The van der Waals surface area contributed by atoms with Gasteiger partial charge in [0.1, 0.15) is 16.3 Å². The van der Waals surface area contributed by atoms with Gasteiger partial charge in [0.05, 0.1) is 12.4 Å². The number of amides is 3. The molecule has 3 aromatic carbocycles. The summed E-state index contributed by atoms with van der Waals surface area (Å²) in [5.74, 6) is -1.73. The maximum Gasteiger partial charge on any atom is 0.341 e. The zero-order valence-corrected chi connectivity index (χ0v) is 28.2. The van der Waals surface area contributed by atoms with E-state index in [0.29, 0.717) is 27.4 Å². The van der Waals surface area contributed by atoms with E-state index in [1.54, 1.807) is 55.5 Å². The molecule has 238 valence electrons. The first kappa shape index (κ1) is 33.4. The Kier molecular flexibility index (Phi) is 11.0. The van der Waals surface area contributed by atoms with Crippen LogP contribution < -0.4 is 16.0 Å². The zero-order chi connectivity index (χ0) is 33.3. The minimum atomic E-state index is -0.546. The van der Waals surface area contributed by atoms with Crippen molar-refractivity contribution < 1.29 is 23.9 Å². The van der Waals surface area contributed by atoms with Crippen molar-refractivity contribution in [2.45, 2.75) is 24.0 Å². The highest BCUT2D eigenvalue weighted by Crippen LogP contribution is 2.37. The largest absolute Gasteiger partial charge is 0.465 e. The molecule has 0 aliphatic heterocycles. The van der Waals surface area contributed by atoms with Gasteiger partial charge in [0.2, 0.25) is 5.91 Å². The van der Waals surface area contributed by atoms with E-state index in [1.165, 1.54) is 41.5 Å². The van der Waals surface area contributed by atoms with Crippen molar-refractivity contribution in [1.82, 2.24) is 5.32 Å². The molecular weight excluding hydrogens is 651 g/mol. The lowest BCUT2D eigenvalue weighted by molar-refractivity contribution is -0.115. The highest BCUT2D eigenvalue weighted by Gasteiger charge is 2.24. The van der Waals surface area contributed by atoms with E-state index in [1.807, 2.05) is 65.5 Å². The molecule has 47 heavy (non-hydrogen) atoms. The van der Waals surface area contributed by atoms with Crippen LogP contribution in [0.3, 0.4) is 0 Å². The van der Waals surface area contributed by atoms with Crippen LogP contribution in [0, 0.1) is 6.92 Å². The van der Waals surface area contributed by atoms with Crippen molar-refractivity contribution >= 4 is 74.9 Å². The minimum absolute atomic E-state index is 0.0884. The number of hydrogen-bond donors (Lipinski definition) is 3. The van der Waals surface area contributed by atoms with Gasteiger partial charge in [0, 0.05) is 27.1 Å². The smallest absolute Gasteiger partial charge is 0.341 e. The second kappa shape index (κ2) is 15.5. The van der Waals surface area contributed by atoms with E-state index in [9.17, 15) is 19.2 Å². The first-order valence-corrected chi connectivity index (χ1v) is 17.2. The summed E-state index contributed by atoms with van der Waals surface area (Å²) < 4.78 is 5.04. The molecule has 0 bridgehead atoms. The Bertz CT molecular complexity index is 1920. The molecule has 5 rings (SSSR count). The highest BCUT2D eigenvalue weighted by atomic mass is 32.2. The Morgan fingerprint density at radius 2 is 1.66 bits per heavy atom. The normalized spacial score (nSPS) is 11.8. The van der Waals surface area contributed by atoms with Crippen LogP contribution in [-0.4, -0.2) is 36.1 Å². The predicted molar refractivity (Wildman–Crippen MR) is 191 cm³/mol. The molecule has 0 radical (unpaired) electrons. The SMILES string of the molecule is COC(=O)c1c(-c2ccc(C)cc2)csc1NC(=O)C(C)Sc1cccc(NC(=O)/C(=C/c2ccsc2)NC(=O)c2ccccc2)c1. The molecule has 1 atom stereocenters. The number of nitrogens with one attached hydrogen (secondary N) is 3. The number of thiophene rings is 2. The third kappa shape index (κ3) is 8.64. The van der Waals surface area contributed by atoms with Gasteiger partial charge in [-0.05, 0) is 78.2 Å². The summed E-state index contributed by atoms with van der Waals surface area (Å²) in [6, 6.07) is 25.4. The Balaban J connectivity index is 1.28. The van der Waals surface area contributed by atoms with Gasteiger partial charge in [-0.25, -0.2) is 4.79 Å². The summed E-state index contributed by atoms with van der Waals surface area (Å²) in [6.07, 6.45) is 1.62. The molecular formula is C36H31N3O5S3. The molecule has 11 heteroatoms. The second-order valence-corrected chi connectivity index (χ2v) is 13.5. The lowest BCUT2D eigenvalue weighted by Crippen LogP contribution is -2.30. The maximum absolute atomic E-state index is 13.4. The Labute approximate surface area is 284 Å². The van der Waals surface area contributed by atoms with E-state index in [-0.39, 0.29) is 11.6 Å². The fraction of sp³-hybridized carbons (Fsp3) is 0.111. The summed E-state index contributed by atoms with van der Waals surface area (Å²) in [6.45, 7) is 3.75. The molecule has 5 aromatic rings. The van der Waals surface area contributed by atoms with Gasteiger partial charge in [-0.15, -0.1) is 23.1 Å². The summed E-state index contributed by atoms with van der Waals surface area (Å²) in [5, 5.41) is 14.0. The number of methoxy groups -OCH3 is 1. The molecule has 0 saturated carbocycles. The molecule has 1 unspecified atom stereocenters. The molecule has 0 aliphatic rings. The van der Waals surface area contributed by atoms with Crippen LogP contribution >= 0.6 is 34.4 Å². The number of benzene rings is 3. The molecule has 2 heterocycles. The van der Waals surface area contributed by atoms with Gasteiger partial charge in [-0.3, -0.25) is 14.4 Å². The average Bonchev–Trinajstić information content (AvgIpc) is 3.75. The second-order valence-electron chi connectivity index (χ2n) is 10.4. The zero-order valence-electron chi connectivity index (χ0n) is 25.7. The monoisotopic (exact) mass is 681 g/mol. The lowest BCUT2D eigenvalue weighted by atomic mass is 10.0. The summed E-state index contributed by atoms with van der Waals surface area (Å²) >= 11 is 4.04. The number of carbonyl (C=O) groups excluding carboxylic acids is 4. The first-order chi connectivity index (χ1) is 22.7. The quantitative estimate of drug-likeness (QED) is 0.0738. The van der Waals surface area contributed by atoms with Gasteiger partial charge in [-0.2, -0.15) is 11.3 Å². The van der Waals surface area contributed by atoms with Crippen molar-refractivity contribution in [3.05, 3.63) is 129 Å². The number of thioether (sulfide) groups is 1. The summed E-state index contributed by atoms with van der Waals surface area (Å²) in [7, 11) is 1.31. The van der Waals surface area contributed by atoms with E-state index in [0.717, 1.165) is 21.6 Å². The Hall–Kier alpha value is -4.97. The number of carbonyl (C=O) groups is 4. The Morgan fingerprint density at radius 1 is 0.894 bits per heavy atom. The topological polar surface area (TPSA) is 114 Å². The van der Waals surface area contributed by atoms with Gasteiger partial charge in [0.25, 0.3) is 11.8 Å². The van der Waals surface area contributed by atoms with Crippen molar-refractivity contribution in [1.29, 1.82) is 0 Å². The number of hydrogen-bond acceptors (Lipinski definition) is 8. The van der Waals surface area contributed by atoms with E-state index < -0.39 is 23.0 Å². The van der Waals surface area contributed by atoms with Crippen LogP contribution in [0.1, 0.15) is 38.8 Å². The van der Waals surface area contributed by atoms with Crippen LogP contribution in [0.15, 0.2) is 112 Å². The number of anilines is 2. The number of ether oxygens (including phenoxy) is 1. The fourth-order valence-electron chi connectivity index (χ4n) is 4.48. The molecule has 0 spiro atoms. The van der Waals surface area contributed by atoms with Crippen LogP contribution in [0.4, 0.5) is 10.7 Å². The van der Waals surface area contributed by atoms with Crippen molar-refractivity contribution in [2.75, 3.05) is 17.7 Å². The minimum Gasteiger partial charge on any atom is -0.465 e. The molecule has 3 amide bonds. The van der Waals surface area contributed by atoms with Crippen molar-refractivity contribution in [3.8, 4) is 11.1 Å². The van der Waals surface area contributed by atoms with E-state index in [2.05, 4.69) is 16.0 Å². The van der Waals surface area contributed by atoms with Gasteiger partial charge in [0.15, 0.2) is 0 Å². The van der Waals surface area contributed by atoms with Crippen LogP contribution in [0.5, 0.6) is 0 Å². The average molecular weight is 682 g/mol. The summed E-state index contributed by atoms with van der Waals surface area (Å²) in [5.41, 5.74) is 4.73.